The van der Waals surface area contributed by atoms with Crippen molar-refractivity contribution in [3.63, 3.8) is 0 Å². The summed E-state index contributed by atoms with van der Waals surface area (Å²) in [5.41, 5.74) is 1.37. The molecular weight excluding hydrogens is 271 g/mol. The standard InChI is InChI=1S/C13H16BrFO/c1-13(2)7-9(13)12(14)8-4-5-11(16-3)10(15)6-8/h4-6,9,12H,7H2,1-3H3. The van der Waals surface area contributed by atoms with Crippen LogP contribution >= 0.6 is 15.9 Å². The van der Waals surface area contributed by atoms with E-state index in [1.54, 1.807) is 12.1 Å². The minimum Gasteiger partial charge on any atom is -0.494 e. The van der Waals surface area contributed by atoms with Gasteiger partial charge < -0.3 is 4.74 Å². The van der Waals surface area contributed by atoms with Gasteiger partial charge in [0.2, 0.25) is 0 Å². The maximum absolute atomic E-state index is 13.5. The van der Waals surface area contributed by atoms with Gasteiger partial charge in [0.15, 0.2) is 11.6 Å². The van der Waals surface area contributed by atoms with E-state index >= 15 is 0 Å². The van der Waals surface area contributed by atoms with Crippen LogP contribution in [0.2, 0.25) is 0 Å². The summed E-state index contributed by atoms with van der Waals surface area (Å²) in [6.45, 7) is 4.48. The summed E-state index contributed by atoms with van der Waals surface area (Å²) in [7, 11) is 1.48. The third-order valence-electron chi connectivity index (χ3n) is 3.44. The molecule has 0 radical (unpaired) electrons. The van der Waals surface area contributed by atoms with Gasteiger partial charge in [-0.15, -0.1) is 0 Å². The van der Waals surface area contributed by atoms with E-state index in [-0.39, 0.29) is 10.6 Å². The maximum Gasteiger partial charge on any atom is 0.165 e. The monoisotopic (exact) mass is 286 g/mol. The molecule has 1 nitrogen and oxygen atoms in total. The van der Waals surface area contributed by atoms with Gasteiger partial charge in [-0.1, -0.05) is 35.8 Å². The molecule has 1 saturated carbocycles. The topological polar surface area (TPSA) is 9.23 Å². The average molecular weight is 287 g/mol. The van der Waals surface area contributed by atoms with Gasteiger partial charge >= 0.3 is 0 Å². The Kier molecular flexibility index (Phi) is 2.99. The normalized spacial score (nSPS) is 23.9. The average Bonchev–Trinajstić information content (AvgIpc) is 2.86. The summed E-state index contributed by atoms with van der Waals surface area (Å²) in [5, 5.41) is 0. The van der Waals surface area contributed by atoms with Gasteiger partial charge in [0.25, 0.3) is 0 Å². The van der Waals surface area contributed by atoms with E-state index in [2.05, 4.69) is 29.8 Å². The van der Waals surface area contributed by atoms with Gasteiger partial charge in [-0.2, -0.15) is 0 Å². The lowest BCUT2D eigenvalue weighted by Gasteiger charge is -2.13. The lowest BCUT2D eigenvalue weighted by Crippen LogP contribution is -2.00. The van der Waals surface area contributed by atoms with Gasteiger partial charge in [-0.25, -0.2) is 4.39 Å². The molecule has 3 heteroatoms. The van der Waals surface area contributed by atoms with Crippen molar-refractivity contribution in [1.29, 1.82) is 0 Å². The number of ether oxygens (including phenoxy) is 1. The minimum atomic E-state index is -0.289. The number of halogens is 2. The van der Waals surface area contributed by atoms with Crippen molar-refractivity contribution in [2.75, 3.05) is 7.11 Å². The lowest BCUT2D eigenvalue weighted by atomic mass is 10.0. The summed E-state index contributed by atoms with van der Waals surface area (Å²) in [6.07, 6.45) is 1.19. The zero-order chi connectivity index (χ0) is 11.9. The molecule has 0 heterocycles. The molecule has 1 aliphatic carbocycles. The number of rotatable bonds is 3. The van der Waals surface area contributed by atoms with Crippen LogP contribution in [0.4, 0.5) is 4.39 Å². The fourth-order valence-electron chi connectivity index (χ4n) is 2.09. The van der Waals surface area contributed by atoms with Crippen molar-refractivity contribution < 1.29 is 9.13 Å². The van der Waals surface area contributed by atoms with Crippen LogP contribution in [0.25, 0.3) is 0 Å². The molecule has 2 atom stereocenters. The van der Waals surface area contributed by atoms with Crippen molar-refractivity contribution >= 4 is 15.9 Å². The Morgan fingerprint density at radius 1 is 1.50 bits per heavy atom. The molecule has 0 aliphatic heterocycles. The molecule has 2 rings (SSSR count). The summed E-state index contributed by atoms with van der Waals surface area (Å²) < 4.78 is 18.4. The summed E-state index contributed by atoms with van der Waals surface area (Å²) in [6, 6.07) is 5.18. The molecule has 0 amide bonds. The third kappa shape index (κ3) is 2.10. The van der Waals surface area contributed by atoms with Crippen molar-refractivity contribution in [3.05, 3.63) is 29.6 Å². The number of methoxy groups -OCH3 is 1. The van der Waals surface area contributed by atoms with E-state index in [1.165, 1.54) is 13.5 Å². The Morgan fingerprint density at radius 2 is 2.12 bits per heavy atom. The minimum absolute atomic E-state index is 0.239. The van der Waals surface area contributed by atoms with E-state index in [0.29, 0.717) is 17.1 Å². The molecule has 2 unspecified atom stereocenters. The van der Waals surface area contributed by atoms with Crippen LogP contribution in [-0.4, -0.2) is 7.11 Å². The highest BCUT2D eigenvalue weighted by atomic mass is 79.9. The second-order valence-corrected chi connectivity index (χ2v) is 6.08. The molecule has 0 aromatic heterocycles. The molecule has 1 aliphatic rings. The maximum atomic E-state index is 13.5. The van der Waals surface area contributed by atoms with Crippen LogP contribution in [0, 0.1) is 17.2 Å². The highest BCUT2D eigenvalue weighted by Crippen LogP contribution is 2.60. The Hall–Kier alpha value is -0.570. The van der Waals surface area contributed by atoms with E-state index in [0.717, 1.165) is 5.56 Å². The molecule has 0 N–H and O–H groups in total. The SMILES string of the molecule is COc1ccc(C(Br)C2CC2(C)C)cc1F. The quantitative estimate of drug-likeness (QED) is 0.752. The van der Waals surface area contributed by atoms with Crippen molar-refractivity contribution in [2.45, 2.75) is 25.1 Å². The van der Waals surface area contributed by atoms with Crippen LogP contribution in [0.3, 0.4) is 0 Å². The summed E-state index contributed by atoms with van der Waals surface area (Å²) >= 11 is 3.66. The summed E-state index contributed by atoms with van der Waals surface area (Å²) in [4.78, 5) is 0.239. The molecule has 1 aromatic carbocycles. The number of hydrogen-bond acceptors (Lipinski definition) is 1. The van der Waals surface area contributed by atoms with Gasteiger partial charge in [-0.05, 0) is 35.4 Å². The van der Waals surface area contributed by atoms with E-state index in [4.69, 9.17) is 4.74 Å². The molecule has 0 saturated heterocycles. The number of benzene rings is 1. The van der Waals surface area contributed by atoms with Crippen molar-refractivity contribution in [1.82, 2.24) is 0 Å². The number of alkyl halides is 1. The predicted octanol–water partition coefficient (Wildman–Crippen LogP) is 4.32. The van der Waals surface area contributed by atoms with E-state index < -0.39 is 0 Å². The second-order valence-electron chi connectivity index (χ2n) is 5.09. The van der Waals surface area contributed by atoms with Crippen LogP contribution in [0.5, 0.6) is 5.75 Å². The Morgan fingerprint density at radius 3 is 2.56 bits per heavy atom. The van der Waals surface area contributed by atoms with Crippen LogP contribution in [-0.2, 0) is 0 Å². The zero-order valence-corrected chi connectivity index (χ0v) is 11.3. The first-order valence-electron chi connectivity index (χ1n) is 5.43. The molecule has 0 bridgehead atoms. The Labute approximate surface area is 104 Å². The molecule has 16 heavy (non-hydrogen) atoms. The number of hydrogen-bond donors (Lipinski definition) is 0. The fourth-order valence-corrected chi connectivity index (χ4v) is 3.28. The van der Waals surface area contributed by atoms with Gasteiger partial charge in [-0.3, -0.25) is 0 Å². The Balaban J connectivity index is 2.19. The van der Waals surface area contributed by atoms with Gasteiger partial charge in [0, 0.05) is 4.83 Å². The molecule has 1 fully saturated rings. The summed E-state index contributed by atoms with van der Waals surface area (Å²) in [5.74, 6) is 0.613. The van der Waals surface area contributed by atoms with Crippen LogP contribution < -0.4 is 4.74 Å². The highest BCUT2D eigenvalue weighted by molar-refractivity contribution is 9.09. The predicted molar refractivity (Wildman–Crippen MR) is 66.5 cm³/mol. The molecule has 88 valence electrons. The lowest BCUT2D eigenvalue weighted by molar-refractivity contribution is 0.386. The molecular formula is C13H16BrFO. The third-order valence-corrected chi connectivity index (χ3v) is 4.60. The zero-order valence-electron chi connectivity index (χ0n) is 9.76. The first-order chi connectivity index (χ1) is 7.45. The molecule has 1 aromatic rings. The highest BCUT2D eigenvalue weighted by Gasteiger charge is 2.49. The molecule has 0 spiro atoms. The van der Waals surface area contributed by atoms with Gasteiger partial charge in [0.05, 0.1) is 7.11 Å². The first kappa shape index (κ1) is 11.9. The van der Waals surface area contributed by atoms with Crippen LogP contribution in [0.15, 0.2) is 18.2 Å². The smallest absolute Gasteiger partial charge is 0.165 e. The van der Waals surface area contributed by atoms with Crippen molar-refractivity contribution in [2.24, 2.45) is 11.3 Å². The van der Waals surface area contributed by atoms with Crippen molar-refractivity contribution in [3.8, 4) is 5.75 Å². The van der Waals surface area contributed by atoms with E-state index in [1.807, 2.05) is 6.07 Å². The largest absolute Gasteiger partial charge is 0.494 e. The van der Waals surface area contributed by atoms with Crippen LogP contribution in [0.1, 0.15) is 30.7 Å². The first-order valence-corrected chi connectivity index (χ1v) is 6.35. The van der Waals surface area contributed by atoms with E-state index in [9.17, 15) is 4.39 Å². The fraction of sp³-hybridized carbons (Fsp3) is 0.538. The van der Waals surface area contributed by atoms with Gasteiger partial charge in [0.1, 0.15) is 0 Å². The Bertz CT molecular complexity index is 403. The second kappa shape index (κ2) is 4.02.